The highest BCUT2D eigenvalue weighted by molar-refractivity contribution is 5.91. The number of hydrogen-bond donors (Lipinski definition) is 1. The Labute approximate surface area is 141 Å². The predicted molar refractivity (Wildman–Crippen MR) is 91.7 cm³/mol. The van der Waals surface area contributed by atoms with E-state index in [1.807, 2.05) is 55.5 Å². The van der Waals surface area contributed by atoms with E-state index in [-0.39, 0.29) is 12.5 Å². The quantitative estimate of drug-likeness (QED) is 0.808. The first-order valence-corrected chi connectivity index (χ1v) is 7.76. The maximum atomic E-state index is 11.7. The summed E-state index contributed by atoms with van der Waals surface area (Å²) in [5, 5.41) is 11.4. The van der Waals surface area contributed by atoms with Crippen LogP contribution in [0.4, 0.5) is 5.69 Å². The van der Waals surface area contributed by atoms with Crippen LogP contribution in [0.3, 0.4) is 0 Å². The summed E-state index contributed by atoms with van der Waals surface area (Å²) in [6, 6.07) is 17.1. The van der Waals surface area contributed by atoms with Gasteiger partial charge in [-0.1, -0.05) is 24.3 Å². The highest BCUT2D eigenvalue weighted by Gasteiger charge is 2.03. The van der Waals surface area contributed by atoms with Crippen LogP contribution in [0.25, 0.3) is 0 Å². The van der Waals surface area contributed by atoms with Crippen molar-refractivity contribution in [3.8, 4) is 11.8 Å². The van der Waals surface area contributed by atoms with Gasteiger partial charge in [-0.15, -0.1) is 0 Å². The fraction of sp³-hybridized carbons (Fsp3) is 0.263. The maximum Gasteiger partial charge on any atom is 0.250 e. The highest BCUT2D eigenvalue weighted by atomic mass is 16.5. The molecule has 0 aliphatic rings. The number of hydrogen-bond acceptors (Lipinski definition) is 4. The summed E-state index contributed by atoms with van der Waals surface area (Å²) in [6.07, 6.45) is 0.393. The molecule has 124 valence electrons. The van der Waals surface area contributed by atoms with Gasteiger partial charge in [0.25, 0.3) is 0 Å². The van der Waals surface area contributed by atoms with Crippen LogP contribution in [0.5, 0.6) is 5.75 Å². The van der Waals surface area contributed by atoms with Crippen molar-refractivity contribution in [2.45, 2.75) is 20.0 Å². The van der Waals surface area contributed by atoms with Gasteiger partial charge in [0.2, 0.25) is 5.91 Å². The van der Waals surface area contributed by atoms with Crippen LogP contribution in [-0.4, -0.2) is 19.1 Å². The van der Waals surface area contributed by atoms with Crippen LogP contribution in [0.15, 0.2) is 48.5 Å². The average molecular weight is 324 g/mol. The van der Waals surface area contributed by atoms with Crippen LogP contribution >= 0.6 is 0 Å². The number of carbonyl (C=O) groups is 1. The van der Waals surface area contributed by atoms with Gasteiger partial charge in [0, 0.05) is 12.3 Å². The van der Waals surface area contributed by atoms with Crippen LogP contribution in [-0.2, 0) is 22.6 Å². The zero-order chi connectivity index (χ0) is 17.2. The number of nitrogens with zero attached hydrogens (tertiary/aromatic N) is 1. The van der Waals surface area contributed by atoms with Crippen molar-refractivity contribution in [2.24, 2.45) is 0 Å². The number of anilines is 1. The second-order valence-electron chi connectivity index (χ2n) is 5.15. The maximum absolute atomic E-state index is 11.7. The zero-order valence-electron chi connectivity index (χ0n) is 13.6. The van der Waals surface area contributed by atoms with Crippen molar-refractivity contribution >= 4 is 11.6 Å². The fourth-order valence-electron chi connectivity index (χ4n) is 2.09. The van der Waals surface area contributed by atoms with Crippen molar-refractivity contribution < 1.29 is 14.3 Å². The van der Waals surface area contributed by atoms with Gasteiger partial charge in [-0.2, -0.15) is 5.26 Å². The molecule has 5 heteroatoms. The van der Waals surface area contributed by atoms with Crippen LogP contribution < -0.4 is 10.1 Å². The molecule has 0 spiro atoms. The standard InChI is InChI=1S/C19H20N2O3/c1-2-23-14-19(22)21-17-5-3-4-16(12-17)13-24-18-8-6-15(7-9-18)10-11-20/h3-9,12H,2,10,13-14H2,1H3,(H,21,22). The minimum atomic E-state index is -0.178. The van der Waals surface area contributed by atoms with Gasteiger partial charge in [-0.05, 0) is 42.3 Å². The number of nitriles is 1. The molecule has 0 heterocycles. The SMILES string of the molecule is CCOCC(=O)Nc1cccc(COc2ccc(CC#N)cc2)c1. The third-order valence-corrected chi connectivity index (χ3v) is 3.26. The summed E-state index contributed by atoms with van der Waals surface area (Å²) in [5.41, 5.74) is 2.62. The van der Waals surface area contributed by atoms with Crippen LogP contribution in [0.1, 0.15) is 18.1 Å². The molecule has 0 radical (unpaired) electrons. The zero-order valence-corrected chi connectivity index (χ0v) is 13.6. The molecule has 1 amide bonds. The first-order chi connectivity index (χ1) is 11.7. The van der Waals surface area contributed by atoms with Crippen molar-refractivity contribution in [2.75, 3.05) is 18.5 Å². The molecule has 0 aromatic heterocycles. The summed E-state index contributed by atoms with van der Waals surface area (Å²) >= 11 is 0. The Bertz CT molecular complexity index is 705. The largest absolute Gasteiger partial charge is 0.489 e. The lowest BCUT2D eigenvalue weighted by Gasteiger charge is -2.09. The number of carbonyl (C=O) groups excluding carboxylic acids is 1. The van der Waals surface area contributed by atoms with Crippen molar-refractivity contribution in [1.29, 1.82) is 5.26 Å². The van der Waals surface area contributed by atoms with Crippen molar-refractivity contribution in [3.05, 3.63) is 59.7 Å². The van der Waals surface area contributed by atoms with E-state index in [9.17, 15) is 4.79 Å². The van der Waals surface area contributed by atoms with E-state index in [0.29, 0.717) is 25.3 Å². The van der Waals surface area contributed by atoms with Gasteiger partial charge < -0.3 is 14.8 Å². The number of benzene rings is 2. The third kappa shape index (κ3) is 5.75. The van der Waals surface area contributed by atoms with Gasteiger partial charge in [0.05, 0.1) is 12.5 Å². The van der Waals surface area contributed by atoms with E-state index in [0.717, 1.165) is 16.9 Å². The lowest BCUT2D eigenvalue weighted by atomic mass is 10.1. The lowest BCUT2D eigenvalue weighted by Crippen LogP contribution is -2.18. The van der Waals surface area contributed by atoms with Crippen LogP contribution in [0.2, 0.25) is 0 Å². The Morgan fingerprint density at radius 3 is 2.67 bits per heavy atom. The molecule has 1 N–H and O–H groups in total. The third-order valence-electron chi connectivity index (χ3n) is 3.26. The normalized spacial score (nSPS) is 10.0. The van der Waals surface area contributed by atoms with Gasteiger partial charge >= 0.3 is 0 Å². The smallest absolute Gasteiger partial charge is 0.250 e. The first kappa shape index (κ1) is 17.5. The van der Waals surface area contributed by atoms with E-state index < -0.39 is 0 Å². The van der Waals surface area contributed by atoms with Gasteiger partial charge in [0.1, 0.15) is 19.0 Å². The van der Waals surface area contributed by atoms with Crippen molar-refractivity contribution in [3.63, 3.8) is 0 Å². The molecule has 0 saturated heterocycles. The second-order valence-corrected chi connectivity index (χ2v) is 5.15. The highest BCUT2D eigenvalue weighted by Crippen LogP contribution is 2.16. The molecule has 5 nitrogen and oxygen atoms in total. The van der Waals surface area contributed by atoms with E-state index >= 15 is 0 Å². The molecule has 0 unspecified atom stereocenters. The molecule has 0 aliphatic carbocycles. The average Bonchev–Trinajstić information content (AvgIpc) is 2.60. The fourth-order valence-corrected chi connectivity index (χ4v) is 2.09. The lowest BCUT2D eigenvalue weighted by molar-refractivity contribution is -0.120. The van der Waals surface area contributed by atoms with Gasteiger partial charge in [0.15, 0.2) is 0 Å². The summed E-state index contributed by atoms with van der Waals surface area (Å²) in [4.78, 5) is 11.7. The second kappa shape index (κ2) is 9.33. The Hall–Kier alpha value is -2.84. The Kier molecular flexibility index (Phi) is 6.81. The van der Waals surface area contributed by atoms with E-state index in [2.05, 4.69) is 11.4 Å². The Morgan fingerprint density at radius 1 is 1.17 bits per heavy atom. The summed E-state index contributed by atoms with van der Waals surface area (Å²) in [5.74, 6) is 0.561. The molecule has 24 heavy (non-hydrogen) atoms. The Morgan fingerprint density at radius 2 is 1.96 bits per heavy atom. The van der Waals surface area contributed by atoms with Crippen LogP contribution in [0, 0.1) is 11.3 Å². The van der Waals surface area contributed by atoms with Gasteiger partial charge in [-0.3, -0.25) is 4.79 Å². The molecule has 2 aromatic rings. The number of rotatable bonds is 8. The van der Waals surface area contributed by atoms with E-state index in [4.69, 9.17) is 14.7 Å². The molecule has 0 atom stereocenters. The topological polar surface area (TPSA) is 71.3 Å². The number of amides is 1. The van der Waals surface area contributed by atoms with E-state index in [1.165, 1.54) is 0 Å². The molecule has 0 fully saturated rings. The number of ether oxygens (including phenoxy) is 2. The minimum Gasteiger partial charge on any atom is -0.489 e. The summed E-state index contributed by atoms with van der Waals surface area (Å²) in [6.45, 7) is 2.80. The predicted octanol–water partition coefficient (Wildman–Crippen LogP) is 3.31. The van der Waals surface area contributed by atoms with E-state index in [1.54, 1.807) is 0 Å². The van der Waals surface area contributed by atoms with Crippen molar-refractivity contribution in [1.82, 2.24) is 0 Å². The molecular formula is C19H20N2O3. The molecular weight excluding hydrogens is 304 g/mol. The Balaban J connectivity index is 1.89. The number of nitrogens with one attached hydrogen (secondary N) is 1. The summed E-state index contributed by atoms with van der Waals surface area (Å²) in [7, 11) is 0. The van der Waals surface area contributed by atoms with Gasteiger partial charge in [-0.25, -0.2) is 0 Å². The molecule has 2 aromatic carbocycles. The molecule has 0 bridgehead atoms. The monoisotopic (exact) mass is 324 g/mol. The molecule has 0 saturated carbocycles. The molecule has 2 rings (SSSR count). The summed E-state index contributed by atoms with van der Waals surface area (Å²) < 4.78 is 10.8. The first-order valence-electron chi connectivity index (χ1n) is 7.76. The minimum absolute atomic E-state index is 0.0479. The molecule has 0 aliphatic heterocycles.